The number of nitrogens with two attached hydrogens (primary N) is 1. The van der Waals surface area contributed by atoms with E-state index in [0.717, 1.165) is 42.4 Å². The fraction of sp³-hybridized carbons (Fsp3) is 0.591. The number of H-pyrrole nitrogens is 1. The van der Waals surface area contributed by atoms with Crippen LogP contribution in [0.3, 0.4) is 0 Å². The van der Waals surface area contributed by atoms with Crippen molar-refractivity contribution >= 4 is 22.5 Å². The number of anilines is 1. The molecule has 1 aliphatic carbocycles. The van der Waals surface area contributed by atoms with E-state index >= 15 is 0 Å². The molecule has 1 aromatic heterocycles. The zero-order valence-electron chi connectivity index (χ0n) is 17.5. The first-order valence-electron chi connectivity index (χ1n) is 11.2. The standard InChI is InChI=1S/C22H33N7O/c1-12-6-7-16(14-8-9-24-20(12)14)27-21-19-13(11-25-29-22(19)30)10-18(28-21)26-17-5-3-2-4-15(17)23/h6-9,13,15,17-19,21,24-28H,2-5,10-11,23H2,1H3,(H,29,30)/t13?,15-,17+,18?,19?,21?/m0/s1. The van der Waals surface area contributed by atoms with Crippen molar-refractivity contribution in [2.75, 3.05) is 11.9 Å². The summed E-state index contributed by atoms with van der Waals surface area (Å²) in [5, 5.41) is 12.3. The Morgan fingerprint density at radius 2 is 2.03 bits per heavy atom. The molecular formula is C22H33N7O. The molecule has 0 spiro atoms. The summed E-state index contributed by atoms with van der Waals surface area (Å²) in [6.45, 7) is 2.88. The third-order valence-corrected chi connectivity index (χ3v) is 7.14. The maximum absolute atomic E-state index is 12.7. The molecule has 4 unspecified atom stereocenters. The largest absolute Gasteiger partial charge is 0.368 e. The first-order chi connectivity index (χ1) is 14.6. The molecule has 3 fully saturated rings. The van der Waals surface area contributed by atoms with Crippen molar-refractivity contribution in [3.05, 3.63) is 30.0 Å². The highest BCUT2D eigenvalue weighted by Gasteiger charge is 2.44. The number of fused-ring (bicyclic) bond motifs is 2. The summed E-state index contributed by atoms with van der Waals surface area (Å²) in [5.41, 5.74) is 15.7. The quantitative estimate of drug-likeness (QED) is 0.407. The van der Waals surface area contributed by atoms with E-state index in [9.17, 15) is 4.79 Å². The van der Waals surface area contributed by atoms with E-state index in [2.05, 4.69) is 56.9 Å². The van der Waals surface area contributed by atoms with Crippen molar-refractivity contribution in [2.24, 2.45) is 17.6 Å². The van der Waals surface area contributed by atoms with Gasteiger partial charge >= 0.3 is 0 Å². The number of hydrazine groups is 1. The lowest BCUT2D eigenvalue weighted by Crippen LogP contribution is -2.69. The zero-order valence-corrected chi connectivity index (χ0v) is 17.5. The Kier molecular flexibility index (Phi) is 5.41. The first kappa shape index (κ1) is 19.8. The Morgan fingerprint density at radius 1 is 1.17 bits per heavy atom. The van der Waals surface area contributed by atoms with Crippen LogP contribution in [0.5, 0.6) is 0 Å². The fourth-order valence-corrected chi connectivity index (χ4v) is 5.51. The molecule has 8 heteroatoms. The SMILES string of the molecule is Cc1ccc(NC2NC(N[C@@H]3CCCC[C@@H]3N)CC3CNNC(=O)C32)c2cc[nH]c12. The summed E-state index contributed by atoms with van der Waals surface area (Å²) in [7, 11) is 0. The summed E-state index contributed by atoms with van der Waals surface area (Å²) in [6, 6.07) is 6.84. The van der Waals surface area contributed by atoms with E-state index in [1.807, 2.05) is 6.20 Å². The van der Waals surface area contributed by atoms with Gasteiger partial charge in [-0.05, 0) is 49.8 Å². The second-order valence-corrected chi connectivity index (χ2v) is 9.15. The molecule has 8 nitrogen and oxygen atoms in total. The number of benzene rings is 1. The van der Waals surface area contributed by atoms with Crippen LogP contribution in [0, 0.1) is 18.8 Å². The number of aryl methyl sites for hydroxylation is 1. The van der Waals surface area contributed by atoms with Gasteiger partial charge in [-0.2, -0.15) is 0 Å². The van der Waals surface area contributed by atoms with Gasteiger partial charge in [0.25, 0.3) is 0 Å². The highest BCUT2D eigenvalue weighted by atomic mass is 16.2. The van der Waals surface area contributed by atoms with Crippen molar-refractivity contribution in [1.82, 2.24) is 26.5 Å². The molecule has 5 rings (SSSR count). The molecule has 3 heterocycles. The molecular weight excluding hydrogens is 378 g/mol. The van der Waals surface area contributed by atoms with Gasteiger partial charge in [-0.25, -0.2) is 5.43 Å². The Morgan fingerprint density at radius 3 is 2.90 bits per heavy atom. The van der Waals surface area contributed by atoms with E-state index < -0.39 is 0 Å². The Hall–Kier alpha value is -2.13. The summed E-state index contributed by atoms with van der Waals surface area (Å²) in [6.07, 6.45) is 7.47. The average Bonchev–Trinajstić information content (AvgIpc) is 3.23. The lowest BCUT2D eigenvalue weighted by atomic mass is 9.80. The Labute approximate surface area is 177 Å². The minimum Gasteiger partial charge on any atom is -0.368 e. The Bertz CT molecular complexity index is 912. The lowest BCUT2D eigenvalue weighted by Gasteiger charge is -2.46. The lowest BCUT2D eigenvalue weighted by molar-refractivity contribution is -0.133. The van der Waals surface area contributed by atoms with Crippen molar-refractivity contribution in [2.45, 2.75) is 63.4 Å². The third kappa shape index (κ3) is 3.69. The molecule has 1 aromatic carbocycles. The minimum atomic E-state index is -0.163. The number of aromatic nitrogens is 1. The molecule has 0 radical (unpaired) electrons. The van der Waals surface area contributed by atoms with Crippen LogP contribution in [-0.4, -0.2) is 41.9 Å². The number of aromatic amines is 1. The maximum Gasteiger partial charge on any atom is 0.240 e. The van der Waals surface area contributed by atoms with Crippen LogP contribution in [0.15, 0.2) is 24.4 Å². The zero-order chi connectivity index (χ0) is 20.7. The van der Waals surface area contributed by atoms with Crippen LogP contribution in [0.2, 0.25) is 0 Å². The van der Waals surface area contributed by atoms with Crippen LogP contribution < -0.4 is 32.5 Å². The Balaban J connectivity index is 1.39. The number of amides is 1. The molecule has 1 amide bonds. The van der Waals surface area contributed by atoms with Gasteiger partial charge in [-0.1, -0.05) is 18.9 Å². The number of rotatable bonds is 4. The van der Waals surface area contributed by atoms with Gasteiger partial charge in [-0.15, -0.1) is 0 Å². The van der Waals surface area contributed by atoms with Crippen LogP contribution in [-0.2, 0) is 4.79 Å². The van der Waals surface area contributed by atoms with Crippen LogP contribution in [0.4, 0.5) is 5.69 Å². The number of carbonyl (C=O) groups is 1. The van der Waals surface area contributed by atoms with Gasteiger partial charge < -0.3 is 16.0 Å². The normalized spacial score (nSPS) is 34.4. The van der Waals surface area contributed by atoms with Crippen molar-refractivity contribution in [1.29, 1.82) is 0 Å². The van der Waals surface area contributed by atoms with E-state index in [-0.39, 0.29) is 36.1 Å². The first-order valence-corrected chi connectivity index (χ1v) is 11.2. The second-order valence-electron chi connectivity index (χ2n) is 9.15. The summed E-state index contributed by atoms with van der Waals surface area (Å²) >= 11 is 0. The van der Waals surface area contributed by atoms with Crippen molar-refractivity contribution in [3.63, 3.8) is 0 Å². The molecule has 2 saturated heterocycles. The number of hydrogen-bond acceptors (Lipinski definition) is 6. The molecule has 0 bridgehead atoms. The van der Waals surface area contributed by atoms with Gasteiger partial charge in [0.05, 0.1) is 23.8 Å². The van der Waals surface area contributed by atoms with Crippen LogP contribution >= 0.6 is 0 Å². The van der Waals surface area contributed by atoms with E-state index in [1.165, 1.54) is 18.4 Å². The van der Waals surface area contributed by atoms with Gasteiger partial charge in [0.15, 0.2) is 0 Å². The van der Waals surface area contributed by atoms with E-state index in [1.54, 1.807) is 0 Å². The molecule has 2 aromatic rings. The van der Waals surface area contributed by atoms with E-state index in [0.29, 0.717) is 6.04 Å². The highest BCUT2D eigenvalue weighted by Crippen LogP contribution is 2.32. The average molecular weight is 412 g/mol. The summed E-state index contributed by atoms with van der Waals surface area (Å²) < 4.78 is 0. The number of nitrogens with one attached hydrogen (secondary N) is 6. The summed E-state index contributed by atoms with van der Waals surface area (Å²) in [5.74, 6) is 0.156. The molecule has 8 N–H and O–H groups in total. The minimum absolute atomic E-state index is 0.0430. The predicted octanol–water partition coefficient (Wildman–Crippen LogP) is 1.26. The number of carbonyl (C=O) groups excluding carboxylic acids is 1. The molecule has 1 saturated carbocycles. The molecule has 2 aliphatic heterocycles. The van der Waals surface area contributed by atoms with Crippen molar-refractivity contribution < 1.29 is 4.79 Å². The molecule has 162 valence electrons. The highest BCUT2D eigenvalue weighted by molar-refractivity contribution is 5.94. The molecule has 30 heavy (non-hydrogen) atoms. The number of hydrogen-bond donors (Lipinski definition) is 7. The predicted molar refractivity (Wildman–Crippen MR) is 118 cm³/mol. The van der Waals surface area contributed by atoms with E-state index in [4.69, 9.17) is 5.73 Å². The number of piperidine rings is 1. The maximum atomic E-state index is 12.7. The third-order valence-electron chi connectivity index (χ3n) is 7.14. The van der Waals surface area contributed by atoms with Crippen LogP contribution in [0.25, 0.3) is 10.9 Å². The smallest absolute Gasteiger partial charge is 0.240 e. The van der Waals surface area contributed by atoms with Gasteiger partial charge in [-0.3, -0.25) is 20.9 Å². The molecule has 3 aliphatic rings. The van der Waals surface area contributed by atoms with Crippen molar-refractivity contribution in [3.8, 4) is 0 Å². The van der Waals surface area contributed by atoms with Gasteiger partial charge in [0.1, 0.15) is 0 Å². The molecule has 6 atom stereocenters. The fourth-order valence-electron chi connectivity index (χ4n) is 5.51. The van der Waals surface area contributed by atoms with Gasteiger partial charge in [0, 0.05) is 35.9 Å². The summed E-state index contributed by atoms with van der Waals surface area (Å²) in [4.78, 5) is 16.1. The topological polar surface area (TPSA) is 119 Å². The van der Waals surface area contributed by atoms with Gasteiger partial charge in [0.2, 0.25) is 5.91 Å². The monoisotopic (exact) mass is 411 g/mol. The van der Waals surface area contributed by atoms with Crippen LogP contribution in [0.1, 0.15) is 37.7 Å². The second kappa shape index (κ2) is 8.19.